The first-order valence-corrected chi connectivity index (χ1v) is 9.12. The molecule has 5 nitrogen and oxygen atoms in total. The van der Waals surface area contributed by atoms with Crippen molar-refractivity contribution in [1.82, 2.24) is 0 Å². The third-order valence-electron chi connectivity index (χ3n) is 2.77. The number of hydrogen-bond acceptors (Lipinski definition) is 6. The van der Waals surface area contributed by atoms with Crippen LogP contribution in [0, 0.1) is 5.92 Å². The average molecular weight is 323 g/mol. The summed E-state index contributed by atoms with van der Waals surface area (Å²) in [4.78, 5) is 23.8. The van der Waals surface area contributed by atoms with Crippen LogP contribution >= 0.6 is 23.5 Å². The number of aliphatic carboxylic acids is 1. The van der Waals surface area contributed by atoms with Gasteiger partial charge in [0, 0.05) is 5.92 Å². The zero-order valence-electron chi connectivity index (χ0n) is 12.8. The van der Waals surface area contributed by atoms with Gasteiger partial charge in [-0.25, -0.2) is 9.59 Å². The van der Waals surface area contributed by atoms with Crippen molar-refractivity contribution in [2.45, 2.75) is 38.3 Å². The predicted octanol–water partition coefficient (Wildman–Crippen LogP) is 1.84. The van der Waals surface area contributed by atoms with Gasteiger partial charge in [0.25, 0.3) is 0 Å². The third kappa shape index (κ3) is 5.54. The molecule has 0 saturated heterocycles. The molecule has 118 valence electrons. The maximum Gasteiger partial charge on any atom is 0.338 e. The summed E-state index contributed by atoms with van der Waals surface area (Å²) in [5.41, 5.74) is 3.21. The van der Waals surface area contributed by atoms with E-state index >= 15 is 0 Å². The van der Waals surface area contributed by atoms with Crippen molar-refractivity contribution in [2.75, 3.05) is 24.0 Å². The van der Waals surface area contributed by atoms with E-state index in [0.29, 0.717) is 12.2 Å². The number of thioether (sulfide) groups is 2. The Labute approximate surface area is 129 Å². The largest absolute Gasteiger partial charge is 0.479 e. The first kappa shape index (κ1) is 19.6. The molecule has 2 atom stereocenters. The Bertz CT molecular complexity index is 344. The van der Waals surface area contributed by atoms with Crippen molar-refractivity contribution >= 4 is 35.5 Å². The van der Waals surface area contributed by atoms with Crippen LogP contribution in [0.3, 0.4) is 0 Å². The van der Waals surface area contributed by atoms with Gasteiger partial charge >= 0.3 is 11.9 Å². The molecule has 0 aromatic heterocycles. The molecule has 0 spiro atoms. The van der Waals surface area contributed by atoms with Crippen LogP contribution < -0.4 is 5.73 Å². The lowest BCUT2D eigenvalue weighted by atomic mass is 9.84. The molecule has 0 aliphatic carbocycles. The van der Waals surface area contributed by atoms with E-state index in [1.54, 1.807) is 32.5 Å². The molecule has 0 heterocycles. The SMILES string of the molecule is CSCCC(CSC)[C@](N)(C(=O)O)C(=O)OC(C)(C)C. The van der Waals surface area contributed by atoms with Crippen LogP contribution in [0.2, 0.25) is 0 Å². The van der Waals surface area contributed by atoms with Gasteiger partial charge in [-0.1, -0.05) is 0 Å². The Morgan fingerprint density at radius 1 is 1.25 bits per heavy atom. The van der Waals surface area contributed by atoms with Gasteiger partial charge in [0.05, 0.1) is 0 Å². The molecule has 3 N–H and O–H groups in total. The van der Waals surface area contributed by atoms with Crippen molar-refractivity contribution in [3.8, 4) is 0 Å². The van der Waals surface area contributed by atoms with Crippen LogP contribution in [-0.4, -0.2) is 52.2 Å². The van der Waals surface area contributed by atoms with Gasteiger partial charge in [0.1, 0.15) is 5.60 Å². The molecule has 0 bridgehead atoms. The summed E-state index contributed by atoms with van der Waals surface area (Å²) in [6.45, 7) is 5.08. The summed E-state index contributed by atoms with van der Waals surface area (Å²) in [5, 5.41) is 9.45. The monoisotopic (exact) mass is 323 g/mol. The quantitative estimate of drug-likeness (QED) is 0.520. The molecule has 0 aliphatic heterocycles. The van der Waals surface area contributed by atoms with Gasteiger partial charge < -0.3 is 15.6 Å². The number of rotatable bonds is 8. The predicted molar refractivity (Wildman–Crippen MR) is 85.3 cm³/mol. The summed E-state index contributed by atoms with van der Waals surface area (Å²) in [6.07, 6.45) is 4.36. The lowest BCUT2D eigenvalue weighted by molar-refractivity contribution is -0.171. The minimum Gasteiger partial charge on any atom is -0.479 e. The number of carboxylic acid groups (broad SMARTS) is 1. The maximum absolute atomic E-state index is 12.3. The first-order chi connectivity index (χ1) is 9.09. The molecular formula is C13H25NO4S2. The summed E-state index contributed by atoms with van der Waals surface area (Å²) in [5.74, 6) is -1.40. The highest BCUT2D eigenvalue weighted by Crippen LogP contribution is 2.27. The lowest BCUT2D eigenvalue weighted by Gasteiger charge is -2.33. The van der Waals surface area contributed by atoms with Crippen LogP contribution in [0.1, 0.15) is 27.2 Å². The lowest BCUT2D eigenvalue weighted by Crippen LogP contribution is -2.62. The molecule has 1 unspecified atom stereocenters. The van der Waals surface area contributed by atoms with E-state index in [1.165, 1.54) is 11.8 Å². The number of carbonyl (C=O) groups excluding carboxylic acids is 1. The molecule has 0 aliphatic rings. The van der Waals surface area contributed by atoms with Gasteiger partial charge in [-0.2, -0.15) is 23.5 Å². The molecular weight excluding hydrogens is 298 g/mol. The zero-order chi connectivity index (χ0) is 16.0. The molecule has 0 saturated carbocycles. The smallest absolute Gasteiger partial charge is 0.338 e. The second-order valence-corrected chi connectivity index (χ2v) is 7.51. The van der Waals surface area contributed by atoms with Crippen molar-refractivity contribution < 1.29 is 19.4 Å². The Balaban J connectivity index is 5.31. The second kappa shape index (κ2) is 8.14. The number of carboxylic acids is 1. The van der Waals surface area contributed by atoms with E-state index in [4.69, 9.17) is 10.5 Å². The van der Waals surface area contributed by atoms with Gasteiger partial charge in [0.15, 0.2) is 0 Å². The third-order valence-corrected chi connectivity index (χ3v) is 4.15. The number of nitrogens with two attached hydrogens (primary N) is 1. The first-order valence-electron chi connectivity index (χ1n) is 6.33. The molecule has 0 amide bonds. The van der Waals surface area contributed by atoms with Crippen LogP contribution in [0.15, 0.2) is 0 Å². The number of carbonyl (C=O) groups is 2. The van der Waals surface area contributed by atoms with E-state index in [-0.39, 0.29) is 0 Å². The van der Waals surface area contributed by atoms with Crippen molar-refractivity contribution in [3.05, 3.63) is 0 Å². The molecule has 0 radical (unpaired) electrons. The summed E-state index contributed by atoms with van der Waals surface area (Å²) in [6, 6.07) is 0. The van der Waals surface area contributed by atoms with Crippen molar-refractivity contribution in [1.29, 1.82) is 0 Å². The Morgan fingerprint density at radius 2 is 1.80 bits per heavy atom. The maximum atomic E-state index is 12.3. The van der Waals surface area contributed by atoms with E-state index < -0.39 is 29.0 Å². The molecule has 20 heavy (non-hydrogen) atoms. The highest BCUT2D eigenvalue weighted by Gasteiger charge is 2.51. The van der Waals surface area contributed by atoms with Crippen molar-refractivity contribution in [2.24, 2.45) is 11.7 Å². The van der Waals surface area contributed by atoms with Crippen LogP contribution in [0.5, 0.6) is 0 Å². The Morgan fingerprint density at radius 3 is 2.15 bits per heavy atom. The van der Waals surface area contributed by atoms with Crippen molar-refractivity contribution in [3.63, 3.8) is 0 Å². The fourth-order valence-corrected chi connectivity index (χ4v) is 3.05. The summed E-state index contributed by atoms with van der Waals surface area (Å²) < 4.78 is 5.21. The van der Waals surface area contributed by atoms with E-state index in [9.17, 15) is 14.7 Å². The molecule has 0 aromatic rings. The standard InChI is InChI=1S/C13H25NO4S2/c1-12(2,3)18-11(17)13(14,10(15)16)9(8-20-5)6-7-19-4/h9H,6-8,14H2,1-5H3,(H,15,16)/t9?,13-/m0/s1. The number of hydrogen-bond donors (Lipinski definition) is 2. The number of ether oxygens (including phenoxy) is 1. The minimum absolute atomic E-state index is 0.461. The number of esters is 1. The van der Waals surface area contributed by atoms with Gasteiger partial charge in [-0.05, 0) is 51.2 Å². The Kier molecular flexibility index (Phi) is 7.98. The van der Waals surface area contributed by atoms with Crippen LogP contribution in [0.25, 0.3) is 0 Å². The van der Waals surface area contributed by atoms with Gasteiger partial charge in [-0.3, -0.25) is 0 Å². The normalized spacial score (nSPS) is 16.3. The molecule has 0 rings (SSSR count). The topological polar surface area (TPSA) is 89.6 Å². The molecule has 0 aromatic carbocycles. The fourth-order valence-electron chi connectivity index (χ4n) is 1.69. The van der Waals surface area contributed by atoms with Crippen LogP contribution in [-0.2, 0) is 14.3 Å². The van der Waals surface area contributed by atoms with E-state index in [1.807, 2.05) is 12.5 Å². The molecule has 7 heteroatoms. The van der Waals surface area contributed by atoms with E-state index in [2.05, 4.69) is 0 Å². The zero-order valence-corrected chi connectivity index (χ0v) is 14.4. The summed E-state index contributed by atoms with van der Waals surface area (Å²) >= 11 is 3.08. The minimum atomic E-state index is -1.99. The highest BCUT2D eigenvalue weighted by molar-refractivity contribution is 7.98. The highest BCUT2D eigenvalue weighted by atomic mass is 32.2. The second-order valence-electron chi connectivity index (χ2n) is 5.61. The van der Waals surface area contributed by atoms with Gasteiger partial charge in [0.2, 0.25) is 5.54 Å². The fraction of sp³-hybridized carbons (Fsp3) is 0.846. The van der Waals surface area contributed by atoms with Crippen LogP contribution in [0.4, 0.5) is 0 Å². The molecule has 0 fully saturated rings. The van der Waals surface area contributed by atoms with Gasteiger partial charge in [-0.15, -0.1) is 0 Å². The average Bonchev–Trinajstić information content (AvgIpc) is 2.30. The Hall–Kier alpha value is -0.400. The summed E-state index contributed by atoms with van der Waals surface area (Å²) in [7, 11) is 0. The van der Waals surface area contributed by atoms with E-state index in [0.717, 1.165) is 5.75 Å².